The molecule has 0 atom stereocenters. The zero-order chi connectivity index (χ0) is 14.8. The van der Waals surface area contributed by atoms with Crippen molar-refractivity contribution in [2.75, 3.05) is 5.32 Å². The Morgan fingerprint density at radius 2 is 2.00 bits per heavy atom. The van der Waals surface area contributed by atoms with Crippen LogP contribution in [0.25, 0.3) is 11.0 Å². The summed E-state index contributed by atoms with van der Waals surface area (Å²) in [5.74, 6) is -1.85. The predicted octanol–water partition coefficient (Wildman–Crippen LogP) is 2.35. The van der Waals surface area contributed by atoms with Gasteiger partial charge in [-0.3, -0.25) is 4.79 Å². The van der Waals surface area contributed by atoms with Crippen LogP contribution in [0.3, 0.4) is 0 Å². The predicted molar refractivity (Wildman–Crippen MR) is 72.5 cm³/mol. The number of rotatable bonds is 3. The maximum absolute atomic E-state index is 13.4. The van der Waals surface area contributed by atoms with Gasteiger partial charge < -0.3 is 5.32 Å². The quantitative estimate of drug-likeness (QED) is 0.804. The van der Waals surface area contributed by atoms with E-state index in [1.165, 1.54) is 4.68 Å². The molecular formula is C14H10F2N4O. The van der Waals surface area contributed by atoms with Crippen LogP contribution >= 0.6 is 0 Å². The van der Waals surface area contributed by atoms with Gasteiger partial charge in [0.25, 0.3) is 0 Å². The molecule has 1 amide bonds. The molecule has 7 heteroatoms. The zero-order valence-corrected chi connectivity index (χ0v) is 10.8. The van der Waals surface area contributed by atoms with Crippen molar-refractivity contribution in [1.82, 2.24) is 15.0 Å². The van der Waals surface area contributed by atoms with Gasteiger partial charge in [0.2, 0.25) is 5.91 Å². The molecule has 1 N–H and O–H groups in total. The SMILES string of the molecule is O=C(Cn1nnc2ccccc21)Nc1cc(F)ccc1F. The molecule has 0 radical (unpaired) electrons. The second kappa shape index (κ2) is 5.28. The maximum atomic E-state index is 13.4. The van der Waals surface area contributed by atoms with E-state index in [0.29, 0.717) is 11.0 Å². The smallest absolute Gasteiger partial charge is 0.246 e. The van der Waals surface area contributed by atoms with Crippen LogP contribution < -0.4 is 5.32 Å². The third kappa shape index (κ3) is 2.71. The van der Waals surface area contributed by atoms with E-state index in [2.05, 4.69) is 15.6 Å². The Bertz CT molecular complexity index is 816. The molecule has 3 aromatic rings. The first-order valence-corrected chi connectivity index (χ1v) is 6.16. The van der Waals surface area contributed by atoms with Gasteiger partial charge in [0.15, 0.2) is 0 Å². The average molecular weight is 288 g/mol. The highest BCUT2D eigenvalue weighted by molar-refractivity contribution is 5.91. The van der Waals surface area contributed by atoms with Crippen LogP contribution in [-0.4, -0.2) is 20.9 Å². The van der Waals surface area contributed by atoms with Gasteiger partial charge in [0.1, 0.15) is 23.7 Å². The molecular weight excluding hydrogens is 278 g/mol. The van der Waals surface area contributed by atoms with Gasteiger partial charge in [-0.2, -0.15) is 0 Å². The number of benzene rings is 2. The Morgan fingerprint density at radius 3 is 2.86 bits per heavy atom. The molecule has 0 fully saturated rings. The number of para-hydroxylation sites is 1. The number of carbonyl (C=O) groups is 1. The molecule has 0 saturated heterocycles. The summed E-state index contributed by atoms with van der Waals surface area (Å²) in [6.45, 7) is -0.142. The van der Waals surface area contributed by atoms with Crippen molar-refractivity contribution in [3.05, 3.63) is 54.1 Å². The molecule has 5 nitrogen and oxygen atoms in total. The molecule has 0 bridgehead atoms. The molecule has 0 spiro atoms. The first-order chi connectivity index (χ1) is 10.1. The lowest BCUT2D eigenvalue weighted by Crippen LogP contribution is -2.20. The van der Waals surface area contributed by atoms with E-state index in [4.69, 9.17) is 0 Å². The van der Waals surface area contributed by atoms with E-state index in [1.807, 2.05) is 6.07 Å². The maximum Gasteiger partial charge on any atom is 0.246 e. The van der Waals surface area contributed by atoms with E-state index in [-0.39, 0.29) is 12.2 Å². The normalized spacial score (nSPS) is 10.8. The topological polar surface area (TPSA) is 59.8 Å². The van der Waals surface area contributed by atoms with E-state index in [0.717, 1.165) is 18.2 Å². The highest BCUT2D eigenvalue weighted by Crippen LogP contribution is 2.15. The minimum Gasteiger partial charge on any atom is -0.322 e. The minimum atomic E-state index is -0.701. The van der Waals surface area contributed by atoms with Gasteiger partial charge in [-0.25, -0.2) is 13.5 Å². The third-order valence-corrected chi connectivity index (χ3v) is 2.92. The number of halogens is 2. The van der Waals surface area contributed by atoms with Crippen molar-refractivity contribution < 1.29 is 13.6 Å². The van der Waals surface area contributed by atoms with Gasteiger partial charge in [0.05, 0.1) is 11.2 Å². The lowest BCUT2D eigenvalue weighted by molar-refractivity contribution is -0.116. The van der Waals surface area contributed by atoms with Gasteiger partial charge in [-0.05, 0) is 24.3 Å². The third-order valence-electron chi connectivity index (χ3n) is 2.92. The van der Waals surface area contributed by atoms with Gasteiger partial charge in [0, 0.05) is 6.07 Å². The van der Waals surface area contributed by atoms with Gasteiger partial charge >= 0.3 is 0 Å². The van der Waals surface area contributed by atoms with Crippen LogP contribution in [0.2, 0.25) is 0 Å². The molecule has 3 rings (SSSR count). The fourth-order valence-corrected chi connectivity index (χ4v) is 1.95. The molecule has 0 aliphatic heterocycles. The molecule has 106 valence electrons. The molecule has 0 saturated carbocycles. The summed E-state index contributed by atoms with van der Waals surface area (Å²) >= 11 is 0. The van der Waals surface area contributed by atoms with Crippen LogP contribution in [0.15, 0.2) is 42.5 Å². The Morgan fingerprint density at radius 1 is 1.19 bits per heavy atom. The number of hydrogen-bond acceptors (Lipinski definition) is 3. The second-order valence-corrected chi connectivity index (χ2v) is 4.41. The molecule has 2 aromatic carbocycles. The fraction of sp³-hybridized carbons (Fsp3) is 0.0714. The molecule has 1 aromatic heterocycles. The Kier molecular flexibility index (Phi) is 3.31. The van der Waals surface area contributed by atoms with Crippen molar-refractivity contribution >= 4 is 22.6 Å². The highest BCUT2D eigenvalue weighted by Gasteiger charge is 2.11. The van der Waals surface area contributed by atoms with Gasteiger partial charge in [-0.15, -0.1) is 5.10 Å². The Balaban J connectivity index is 1.79. The highest BCUT2D eigenvalue weighted by atomic mass is 19.1. The summed E-state index contributed by atoms with van der Waals surface area (Å²) < 4.78 is 27.9. The largest absolute Gasteiger partial charge is 0.322 e. The van der Waals surface area contributed by atoms with Crippen LogP contribution in [0.1, 0.15) is 0 Å². The summed E-state index contributed by atoms with van der Waals surface area (Å²) in [5.41, 5.74) is 1.14. The van der Waals surface area contributed by atoms with Crippen LogP contribution in [-0.2, 0) is 11.3 Å². The monoisotopic (exact) mass is 288 g/mol. The Hall–Kier alpha value is -2.83. The van der Waals surface area contributed by atoms with Crippen molar-refractivity contribution in [3.8, 4) is 0 Å². The first-order valence-electron chi connectivity index (χ1n) is 6.16. The van der Waals surface area contributed by atoms with Crippen LogP contribution in [0, 0.1) is 11.6 Å². The number of amides is 1. The number of nitrogens with zero attached hydrogens (tertiary/aromatic N) is 3. The van der Waals surface area contributed by atoms with Crippen LogP contribution in [0.5, 0.6) is 0 Å². The molecule has 0 unspecified atom stereocenters. The van der Waals surface area contributed by atoms with Crippen molar-refractivity contribution in [1.29, 1.82) is 0 Å². The number of anilines is 1. The fourth-order valence-electron chi connectivity index (χ4n) is 1.95. The van der Waals surface area contributed by atoms with Crippen LogP contribution in [0.4, 0.5) is 14.5 Å². The van der Waals surface area contributed by atoms with Crippen molar-refractivity contribution in [2.24, 2.45) is 0 Å². The molecule has 21 heavy (non-hydrogen) atoms. The zero-order valence-electron chi connectivity index (χ0n) is 10.8. The molecule has 0 aliphatic carbocycles. The second-order valence-electron chi connectivity index (χ2n) is 4.41. The van der Waals surface area contributed by atoms with Gasteiger partial charge in [-0.1, -0.05) is 17.3 Å². The first kappa shape index (κ1) is 13.2. The Labute approximate surface area is 118 Å². The summed E-state index contributed by atoms with van der Waals surface area (Å²) in [4.78, 5) is 11.9. The summed E-state index contributed by atoms with van der Waals surface area (Å²) in [7, 11) is 0. The lowest BCUT2D eigenvalue weighted by Gasteiger charge is -2.06. The average Bonchev–Trinajstić information content (AvgIpc) is 2.86. The summed E-state index contributed by atoms with van der Waals surface area (Å²) in [5, 5.41) is 10.1. The lowest BCUT2D eigenvalue weighted by atomic mass is 10.3. The van der Waals surface area contributed by atoms with E-state index < -0.39 is 17.5 Å². The van der Waals surface area contributed by atoms with E-state index >= 15 is 0 Å². The number of carbonyl (C=O) groups excluding carboxylic acids is 1. The standard InChI is InChI=1S/C14H10F2N4O/c15-9-5-6-10(16)12(7-9)17-14(21)8-20-13-4-2-1-3-11(13)18-19-20/h1-7H,8H2,(H,17,21). The van der Waals surface area contributed by atoms with Crippen molar-refractivity contribution in [2.45, 2.75) is 6.54 Å². The van der Waals surface area contributed by atoms with E-state index in [9.17, 15) is 13.6 Å². The summed E-state index contributed by atoms with van der Waals surface area (Å²) in [6, 6.07) is 10.0. The number of nitrogens with one attached hydrogen (secondary N) is 1. The van der Waals surface area contributed by atoms with Crippen molar-refractivity contribution in [3.63, 3.8) is 0 Å². The minimum absolute atomic E-state index is 0.142. The number of hydrogen-bond donors (Lipinski definition) is 1. The number of fused-ring (bicyclic) bond motifs is 1. The molecule has 1 heterocycles. The van der Waals surface area contributed by atoms with E-state index in [1.54, 1.807) is 18.2 Å². The number of aromatic nitrogens is 3. The summed E-state index contributed by atoms with van der Waals surface area (Å²) in [6.07, 6.45) is 0. The molecule has 0 aliphatic rings.